The summed E-state index contributed by atoms with van der Waals surface area (Å²) in [7, 11) is 0. The standard InChI is InChI=1S/C31H23Cl2N3O6S2/c1-2-42-30(40)16-11-13-18(14-12-16)36-27(38)23-22(19-9-6-10-20(32)24(19)33)26-29(43-25(23)28(36)39)35(31(41)44-26)15-21(37)34-17-7-4-3-5-8-17/h3-14,22-23,25H,2,15H2,1H3,(H,34,37)/t22-,23-,25+/m0/s1. The monoisotopic (exact) mass is 667 g/mol. The molecule has 1 N–H and O–H groups in total. The van der Waals surface area contributed by atoms with Gasteiger partial charge in [-0.05, 0) is 55.0 Å². The largest absolute Gasteiger partial charge is 0.462 e. The molecule has 0 bridgehead atoms. The summed E-state index contributed by atoms with van der Waals surface area (Å²) in [5, 5.41) is 2.76. The third kappa shape index (κ3) is 5.34. The molecule has 13 heteroatoms. The number of carbonyl (C=O) groups is 4. The number of esters is 1. The molecule has 2 aliphatic rings. The van der Waals surface area contributed by atoms with E-state index in [1.807, 2.05) is 6.07 Å². The summed E-state index contributed by atoms with van der Waals surface area (Å²) in [5.41, 5.74) is 1.65. The number of ether oxygens (including phenoxy) is 1. The summed E-state index contributed by atoms with van der Waals surface area (Å²) < 4.78 is 6.37. The number of rotatable bonds is 7. The van der Waals surface area contributed by atoms with Crippen LogP contribution in [-0.4, -0.2) is 40.1 Å². The number of imide groups is 1. The van der Waals surface area contributed by atoms with E-state index in [1.165, 1.54) is 28.8 Å². The van der Waals surface area contributed by atoms with Gasteiger partial charge >= 0.3 is 10.8 Å². The van der Waals surface area contributed by atoms with Gasteiger partial charge in [-0.1, -0.05) is 76.6 Å². The first kappa shape index (κ1) is 30.1. The molecule has 0 spiro atoms. The molecule has 3 heterocycles. The minimum Gasteiger partial charge on any atom is -0.462 e. The van der Waals surface area contributed by atoms with Gasteiger partial charge in [0, 0.05) is 16.5 Å². The Labute approximate surface area is 269 Å². The molecule has 6 rings (SSSR count). The van der Waals surface area contributed by atoms with E-state index in [0.29, 0.717) is 26.8 Å². The molecular formula is C31H23Cl2N3O6S2. The van der Waals surface area contributed by atoms with Crippen molar-refractivity contribution in [1.82, 2.24) is 4.57 Å². The number of para-hydroxylation sites is 1. The lowest BCUT2D eigenvalue weighted by Crippen LogP contribution is -2.33. The number of nitrogens with zero attached hydrogens (tertiary/aromatic N) is 2. The molecule has 0 saturated carbocycles. The molecule has 0 aliphatic carbocycles. The highest BCUT2D eigenvalue weighted by atomic mass is 35.5. The van der Waals surface area contributed by atoms with E-state index >= 15 is 0 Å². The van der Waals surface area contributed by atoms with Gasteiger partial charge in [-0.3, -0.25) is 23.7 Å². The minimum absolute atomic E-state index is 0.209. The molecule has 1 saturated heterocycles. The van der Waals surface area contributed by atoms with Crippen molar-refractivity contribution in [3.05, 3.63) is 109 Å². The third-order valence-electron chi connectivity index (χ3n) is 7.36. The van der Waals surface area contributed by atoms with Crippen LogP contribution in [-0.2, 0) is 25.7 Å². The zero-order valence-electron chi connectivity index (χ0n) is 23.0. The molecule has 9 nitrogen and oxygen atoms in total. The second-order valence-corrected chi connectivity index (χ2v) is 12.9. The highest BCUT2D eigenvalue weighted by Crippen LogP contribution is 2.55. The van der Waals surface area contributed by atoms with E-state index in [2.05, 4.69) is 5.32 Å². The summed E-state index contributed by atoms with van der Waals surface area (Å²) in [6, 6.07) is 19.9. The quantitative estimate of drug-likeness (QED) is 0.195. The van der Waals surface area contributed by atoms with Crippen LogP contribution in [0.2, 0.25) is 10.0 Å². The number of halogens is 2. The molecule has 224 valence electrons. The zero-order valence-corrected chi connectivity index (χ0v) is 26.1. The molecule has 3 amide bonds. The molecule has 44 heavy (non-hydrogen) atoms. The van der Waals surface area contributed by atoms with E-state index in [1.54, 1.807) is 49.4 Å². The van der Waals surface area contributed by atoms with Crippen molar-refractivity contribution in [2.45, 2.75) is 29.7 Å². The van der Waals surface area contributed by atoms with Crippen LogP contribution in [0.5, 0.6) is 0 Å². The average molecular weight is 669 g/mol. The van der Waals surface area contributed by atoms with Gasteiger partial charge in [0.1, 0.15) is 11.8 Å². The number of hydrogen-bond donors (Lipinski definition) is 1. The van der Waals surface area contributed by atoms with Crippen LogP contribution < -0.4 is 15.1 Å². The highest BCUT2D eigenvalue weighted by molar-refractivity contribution is 8.00. The van der Waals surface area contributed by atoms with Gasteiger partial charge in [-0.2, -0.15) is 0 Å². The van der Waals surface area contributed by atoms with Crippen molar-refractivity contribution in [2.75, 3.05) is 16.8 Å². The second kappa shape index (κ2) is 12.2. The average Bonchev–Trinajstić information content (AvgIpc) is 3.45. The van der Waals surface area contributed by atoms with E-state index in [-0.39, 0.29) is 28.8 Å². The Hall–Kier alpha value is -3.90. The Bertz CT molecular complexity index is 1860. The Morgan fingerprint density at radius 1 is 0.932 bits per heavy atom. The summed E-state index contributed by atoms with van der Waals surface area (Å²) in [4.78, 5) is 67.8. The molecule has 2 aliphatic heterocycles. The molecule has 3 atom stereocenters. The minimum atomic E-state index is -0.919. The SMILES string of the molecule is CCOC(=O)c1ccc(N2C(=O)[C@H]3[C@H](c4cccc(Cl)c4Cl)c4sc(=O)n(CC(=O)Nc5ccccc5)c4S[C@H]3C2=O)cc1. The van der Waals surface area contributed by atoms with E-state index in [9.17, 15) is 24.0 Å². The van der Waals surface area contributed by atoms with Gasteiger partial charge in [0.05, 0.1) is 38.8 Å². The van der Waals surface area contributed by atoms with Gasteiger partial charge in [-0.15, -0.1) is 0 Å². The first-order valence-corrected chi connectivity index (χ1v) is 16.0. The predicted molar refractivity (Wildman–Crippen MR) is 170 cm³/mol. The topological polar surface area (TPSA) is 115 Å². The van der Waals surface area contributed by atoms with Gasteiger partial charge in [0.2, 0.25) is 17.7 Å². The van der Waals surface area contributed by atoms with Crippen LogP contribution in [0, 0.1) is 5.92 Å². The number of carbonyl (C=O) groups excluding carboxylic acids is 4. The smallest absolute Gasteiger partial charge is 0.338 e. The molecular weight excluding hydrogens is 645 g/mol. The summed E-state index contributed by atoms with van der Waals surface area (Å²) in [5.74, 6) is -3.59. The molecule has 0 unspecified atom stereocenters. The maximum absolute atomic E-state index is 14.1. The number of anilines is 2. The molecule has 1 fully saturated rings. The molecule has 1 aromatic heterocycles. The van der Waals surface area contributed by atoms with Gasteiger partial charge in [-0.25, -0.2) is 9.69 Å². The number of amides is 3. The summed E-state index contributed by atoms with van der Waals surface area (Å²) in [6.07, 6.45) is 0. The van der Waals surface area contributed by atoms with E-state index in [4.69, 9.17) is 27.9 Å². The van der Waals surface area contributed by atoms with Crippen molar-refractivity contribution in [3.63, 3.8) is 0 Å². The fourth-order valence-corrected chi connectivity index (χ4v) is 8.62. The van der Waals surface area contributed by atoms with Crippen LogP contribution in [0.3, 0.4) is 0 Å². The number of hydrogen-bond acceptors (Lipinski definition) is 8. The van der Waals surface area contributed by atoms with Crippen LogP contribution >= 0.6 is 46.3 Å². The van der Waals surface area contributed by atoms with Crippen LogP contribution in [0.4, 0.5) is 11.4 Å². The molecule has 4 aromatic rings. The highest BCUT2D eigenvalue weighted by Gasteiger charge is 2.57. The van der Waals surface area contributed by atoms with Crippen molar-refractivity contribution in [2.24, 2.45) is 5.92 Å². The lowest BCUT2D eigenvalue weighted by molar-refractivity contribution is -0.122. The summed E-state index contributed by atoms with van der Waals surface area (Å²) in [6.45, 7) is 1.62. The molecule has 3 aromatic carbocycles. The van der Waals surface area contributed by atoms with Crippen molar-refractivity contribution in [1.29, 1.82) is 0 Å². The Kier molecular flexibility index (Phi) is 8.38. The number of nitrogens with one attached hydrogen (secondary N) is 1. The lowest BCUT2D eigenvalue weighted by atomic mass is 9.83. The number of aromatic nitrogens is 1. The van der Waals surface area contributed by atoms with Crippen LogP contribution in [0.15, 0.2) is 82.6 Å². The van der Waals surface area contributed by atoms with Crippen molar-refractivity contribution >= 4 is 81.4 Å². The number of fused-ring (bicyclic) bond motifs is 2. The van der Waals surface area contributed by atoms with Gasteiger partial charge in [0.15, 0.2) is 0 Å². The first-order valence-electron chi connectivity index (χ1n) is 13.5. The van der Waals surface area contributed by atoms with Crippen molar-refractivity contribution < 1.29 is 23.9 Å². The van der Waals surface area contributed by atoms with E-state index < -0.39 is 45.6 Å². The normalized spacial score (nSPS) is 19.0. The zero-order chi connectivity index (χ0) is 31.1. The lowest BCUT2D eigenvalue weighted by Gasteiger charge is -2.31. The Morgan fingerprint density at radius 2 is 1.66 bits per heavy atom. The van der Waals surface area contributed by atoms with Crippen LogP contribution in [0.25, 0.3) is 0 Å². The van der Waals surface area contributed by atoms with Crippen LogP contribution in [0.1, 0.15) is 33.6 Å². The summed E-state index contributed by atoms with van der Waals surface area (Å²) >= 11 is 15.1. The Morgan fingerprint density at radius 3 is 2.36 bits per heavy atom. The predicted octanol–water partition coefficient (Wildman–Crippen LogP) is 5.83. The number of thioether (sulfide) groups is 1. The number of benzene rings is 3. The van der Waals surface area contributed by atoms with Gasteiger partial charge < -0.3 is 10.1 Å². The van der Waals surface area contributed by atoms with E-state index in [0.717, 1.165) is 28.0 Å². The van der Waals surface area contributed by atoms with Crippen molar-refractivity contribution in [3.8, 4) is 0 Å². The Balaban J connectivity index is 1.41. The fraction of sp³-hybridized carbons (Fsp3) is 0.194. The fourth-order valence-electron chi connectivity index (χ4n) is 5.43. The third-order valence-corrected chi connectivity index (χ3v) is 10.8. The first-order chi connectivity index (χ1) is 21.2. The maximum atomic E-state index is 14.1. The molecule has 0 radical (unpaired) electrons. The second-order valence-electron chi connectivity index (χ2n) is 10.0. The van der Waals surface area contributed by atoms with Gasteiger partial charge in [0.25, 0.3) is 0 Å². The number of thiazole rings is 1. The maximum Gasteiger partial charge on any atom is 0.338 e.